The summed E-state index contributed by atoms with van der Waals surface area (Å²) in [5, 5.41) is 0. The van der Waals surface area contributed by atoms with Gasteiger partial charge in [-0.25, -0.2) is 15.0 Å². The molecule has 0 bridgehead atoms. The molecule has 0 fully saturated rings. The Hall–Kier alpha value is -1.16. The van der Waals surface area contributed by atoms with Crippen LogP contribution >= 0.6 is 12.4 Å². The van der Waals surface area contributed by atoms with Crippen molar-refractivity contribution in [3.8, 4) is 0 Å². The maximum absolute atomic E-state index is 4.08. The van der Waals surface area contributed by atoms with Crippen LogP contribution in [0.4, 0.5) is 0 Å². The van der Waals surface area contributed by atoms with Crippen LogP contribution in [0.5, 0.6) is 0 Å². The molecular weight excluding hydrogens is 164 g/mol. The standard InChI is InChI=1S/C6H6N4.ClH/c1-4-7-2-5-6(10-4)9-3-8-5;/h2-3H,1H3,(H,7,8,9,10);1H. The van der Waals surface area contributed by atoms with E-state index in [-0.39, 0.29) is 12.4 Å². The smallest absolute Gasteiger partial charge is 0.180 e. The lowest BCUT2D eigenvalue weighted by atomic mass is 10.5. The fraction of sp³-hybridized carbons (Fsp3) is 0.167. The molecule has 0 aliphatic carbocycles. The second-order valence-corrected chi connectivity index (χ2v) is 2.06. The van der Waals surface area contributed by atoms with Crippen molar-refractivity contribution in [1.29, 1.82) is 0 Å². The molecule has 2 rings (SSSR count). The highest BCUT2D eigenvalue weighted by atomic mass is 35.5. The quantitative estimate of drug-likeness (QED) is 0.644. The van der Waals surface area contributed by atoms with E-state index in [0.717, 1.165) is 17.0 Å². The van der Waals surface area contributed by atoms with Crippen molar-refractivity contribution < 1.29 is 0 Å². The number of hydrogen-bond acceptors (Lipinski definition) is 3. The van der Waals surface area contributed by atoms with E-state index in [1.807, 2.05) is 6.92 Å². The molecule has 0 aliphatic heterocycles. The van der Waals surface area contributed by atoms with Crippen LogP contribution < -0.4 is 0 Å². The third kappa shape index (κ3) is 1.30. The van der Waals surface area contributed by atoms with Crippen LogP contribution in [-0.2, 0) is 0 Å². The zero-order valence-corrected chi connectivity index (χ0v) is 6.72. The summed E-state index contributed by atoms with van der Waals surface area (Å²) in [7, 11) is 0. The van der Waals surface area contributed by atoms with Crippen molar-refractivity contribution in [1.82, 2.24) is 19.9 Å². The zero-order valence-electron chi connectivity index (χ0n) is 5.90. The first-order valence-corrected chi connectivity index (χ1v) is 2.99. The number of fused-ring (bicyclic) bond motifs is 1. The second kappa shape index (κ2) is 2.84. The van der Waals surface area contributed by atoms with Crippen molar-refractivity contribution in [3.05, 3.63) is 18.3 Å². The summed E-state index contributed by atoms with van der Waals surface area (Å²) in [4.78, 5) is 15.0. The average molecular weight is 171 g/mol. The molecule has 1 N–H and O–H groups in total. The Labute approximate surface area is 69.5 Å². The molecule has 0 atom stereocenters. The monoisotopic (exact) mass is 170 g/mol. The Morgan fingerprint density at radius 1 is 1.36 bits per heavy atom. The molecule has 2 aromatic rings. The highest BCUT2D eigenvalue weighted by Crippen LogP contribution is 2.02. The number of halogens is 1. The maximum Gasteiger partial charge on any atom is 0.180 e. The third-order valence-electron chi connectivity index (χ3n) is 1.30. The summed E-state index contributed by atoms with van der Waals surface area (Å²) < 4.78 is 0. The molecule has 0 aliphatic rings. The first kappa shape index (κ1) is 7.94. The predicted molar refractivity (Wildman–Crippen MR) is 43.7 cm³/mol. The van der Waals surface area contributed by atoms with Gasteiger partial charge in [-0.15, -0.1) is 12.4 Å². The first-order valence-electron chi connectivity index (χ1n) is 2.99. The predicted octanol–water partition coefficient (Wildman–Crippen LogP) is 1.08. The van der Waals surface area contributed by atoms with Gasteiger partial charge in [-0.1, -0.05) is 0 Å². The summed E-state index contributed by atoms with van der Waals surface area (Å²) >= 11 is 0. The van der Waals surface area contributed by atoms with Gasteiger partial charge in [0.15, 0.2) is 5.65 Å². The molecule has 0 saturated carbocycles. The summed E-state index contributed by atoms with van der Waals surface area (Å²) in [6.07, 6.45) is 3.34. The van der Waals surface area contributed by atoms with Crippen LogP contribution in [0.15, 0.2) is 12.5 Å². The normalized spacial score (nSPS) is 9.55. The van der Waals surface area contributed by atoms with E-state index in [4.69, 9.17) is 0 Å². The van der Waals surface area contributed by atoms with Gasteiger partial charge in [0.05, 0.1) is 12.5 Å². The highest BCUT2D eigenvalue weighted by Gasteiger charge is 1.95. The SMILES string of the molecule is Cc1ncc2[nH]cnc2n1.Cl. The Bertz CT molecular complexity index is 356. The fourth-order valence-corrected chi connectivity index (χ4v) is 0.821. The fourth-order valence-electron chi connectivity index (χ4n) is 0.821. The third-order valence-corrected chi connectivity index (χ3v) is 1.30. The van der Waals surface area contributed by atoms with E-state index < -0.39 is 0 Å². The average Bonchev–Trinajstić information content (AvgIpc) is 2.33. The Kier molecular flexibility index (Phi) is 2.05. The van der Waals surface area contributed by atoms with Crippen LogP contribution in [0.3, 0.4) is 0 Å². The molecule has 0 unspecified atom stereocenters. The number of imidazole rings is 1. The molecule has 2 heterocycles. The number of nitrogens with one attached hydrogen (secondary N) is 1. The van der Waals surface area contributed by atoms with Crippen LogP contribution in [-0.4, -0.2) is 19.9 Å². The minimum atomic E-state index is 0. The first-order chi connectivity index (χ1) is 4.86. The van der Waals surface area contributed by atoms with E-state index in [9.17, 15) is 0 Å². The summed E-state index contributed by atoms with van der Waals surface area (Å²) in [6, 6.07) is 0. The molecule has 58 valence electrons. The Balaban J connectivity index is 0.000000605. The highest BCUT2D eigenvalue weighted by molar-refractivity contribution is 5.85. The molecular formula is C6H7ClN4. The van der Waals surface area contributed by atoms with E-state index in [2.05, 4.69) is 19.9 Å². The lowest BCUT2D eigenvalue weighted by Gasteiger charge is -1.87. The van der Waals surface area contributed by atoms with Crippen LogP contribution in [0.25, 0.3) is 11.2 Å². The zero-order chi connectivity index (χ0) is 6.97. The van der Waals surface area contributed by atoms with Gasteiger partial charge in [0.1, 0.15) is 11.3 Å². The van der Waals surface area contributed by atoms with Gasteiger partial charge in [-0.2, -0.15) is 0 Å². The number of aromatic nitrogens is 4. The van der Waals surface area contributed by atoms with Gasteiger partial charge in [0, 0.05) is 0 Å². The van der Waals surface area contributed by atoms with Gasteiger partial charge in [0.2, 0.25) is 0 Å². The number of hydrogen-bond donors (Lipinski definition) is 1. The van der Waals surface area contributed by atoms with E-state index >= 15 is 0 Å². The van der Waals surface area contributed by atoms with Crippen molar-refractivity contribution in [3.63, 3.8) is 0 Å². The number of rotatable bonds is 0. The van der Waals surface area contributed by atoms with Gasteiger partial charge in [-0.05, 0) is 6.92 Å². The second-order valence-electron chi connectivity index (χ2n) is 2.06. The Morgan fingerprint density at radius 2 is 2.18 bits per heavy atom. The van der Waals surface area contributed by atoms with Crippen LogP contribution in [0.1, 0.15) is 5.82 Å². The van der Waals surface area contributed by atoms with Crippen molar-refractivity contribution in [2.75, 3.05) is 0 Å². The van der Waals surface area contributed by atoms with E-state index in [1.54, 1.807) is 12.5 Å². The van der Waals surface area contributed by atoms with Crippen LogP contribution in [0.2, 0.25) is 0 Å². The molecule has 5 heteroatoms. The summed E-state index contributed by atoms with van der Waals surface area (Å²) in [5.74, 6) is 0.750. The van der Waals surface area contributed by atoms with Crippen molar-refractivity contribution in [2.45, 2.75) is 6.92 Å². The molecule has 11 heavy (non-hydrogen) atoms. The van der Waals surface area contributed by atoms with Gasteiger partial charge >= 0.3 is 0 Å². The number of aryl methyl sites for hydroxylation is 1. The topological polar surface area (TPSA) is 54.5 Å². The Morgan fingerprint density at radius 3 is 3.00 bits per heavy atom. The number of nitrogens with zero attached hydrogens (tertiary/aromatic N) is 3. The summed E-state index contributed by atoms with van der Waals surface area (Å²) in [6.45, 7) is 1.84. The number of aromatic amines is 1. The molecule has 0 radical (unpaired) electrons. The molecule has 0 spiro atoms. The van der Waals surface area contributed by atoms with Crippen molar-refractivity contribution >= 4 is 23.6 Å². The molecule has 0 amide bonds. The lowest BCUT2D eigenvalue weighted by molar-refractivity contribution is 1.08. The van der Waals surface area contributed by atoms with Crippen LogP contribution in [0, 0.1) is 6.92 Å². The van der Waals surface area contributed by atoms with Gasteiger partial charge in [-0.3, -0.25) is 0 Å². The largest absolute Gasteiger partial charge is 0.342 e. The lowest BCUT2D eigenvalue weighted by Crippen LogP contribution is -1.85. The van der Waals surface area contributed by atoms with E-state index in [0.29, 0.717) is 0 Å². The molecule has 0 aromatic carbocycles. The molecule has 4 nitrogen and oxygen atoms in total. The molecule has 2 aromatic heterocycles. The van der Waals surface area contributed by atoms with Gasteiger partial charge < -0.3 is 4.98 Å². The number of H-pyrrole nitrogens is 1. The maximum atomic E-state index is 4.08. The van der Waals surface area contributed by atoms with E-state index in [1.165, 1.54) is 0 Å². The minimum Gasteiger partial charge on any atom is -0.342 e. The molecule has 0 saturated heterocycles. The summed E-state index contributed by atoms with van der Waals surface area (Å²) in [5.41, 5.74) is 1.61. The minimum absolute atomic E-state index is 0. The van der Waals surface area contributed by atoms with Gasteiger partial charge in [0.25, 0.3) is 0 Å². The van der Waals surface area contributed by atoms with Crippen molar-refractivity contribution in [2.24, 2.45) is 0 Å².